The number of rotatable bonds is 9. The third-order valence-electron chi connectivity index (χ3n) is 5.32. The quantitative estimate of drug-likeness (QED) is 0.428. The second-order valence-corrected chi connectivity index (χ2v) is 8.26. The Bertz CT molecular complexity index is 1100. The lowest BCUT2D eigenvalue weighted by molar-refractivity contribution is 0.567. The third kappa shape index (κ3) is 5.05. The Hall–Kier alpha value is -3.35. The molecule has 0 aliphatic carbocycles. The monoisotopic (exact) mass is 415 g/mol. The van der Waals surface area contributed by atoms with Gasteiger partial charge < -0.3 is 0 Å². The summed E-state index contributed by atoms with van der Waals surface area (Å²) in [6.07, 6.45) is 4.07. The number of hydrogen-bond donors (Lipinski definition) is 1. The maximum atomic E-state index is 4.80. The largest absolute Gasteiger partial charge is 0.245 e. The predicted molar refractivity (Wildman–Crippen MR) is 121 cm³/mol. The van der Waals surface area contributed by atoms with Crippen molar-refractivity contribution in [3.8, 4) is 22.5 Å². The minimum Gasteiger partial charge on any atom is -0.245 e. The minimum atomic E-state index is 0.598. The molecular formula is C24H29N7. The van der Waals surface area contributed by atoms with Crippen molar-refractivity contribution in [3.05, 3.63) is 65.7 Å². The molecule has 0 aliphatic heterocycles. The number of aryl methyl sites for hydroxylation is 2. The Balaban J connectivity index is 1.55. The zero-order valence-electron chi connectivity index (χ0n) is 18.4. The van der Waals surface area contributed by atoms with Gasteiger partial charge in [0.15, 0.2) is 5.82 Å². The van der Waals surface area contributed by atoms with Gasteiger partial charge in [0, 0.05) is 18.4 Å². The molecule has 2 aromatic carbocycles. The average Bonchev–Trinajstić information content (AvgIpc) is 3.44. The van der Waals surface area contributed by atoms with E-state index in [0.717, 1.165) is 60.6 Å². The van der Waals surface area contributed by atoms with Gasteiger partial charge in [-0.15, -0.1) is 10.2 Å². The van der Waals surface area contributed by atoms with Gasteiger partial charge in [0.25, 0.3) is 0 Å². The van der Waals surface area contributed by atoms with Gasteiger partial charge in [0.05, 0.1) is 6.54 Å². The first-order valence-electron chi connectivity index (χ1n) is 11.0. The Labute approximate surface area is 182 Å². The van der Waals surface area contributed by atoms with Crippen LogP contribution in [0, 0.1) is 5.92 Å². The first-order valence-corrected chi connectivity index (χ1v) is 11.0. The molecule has 0 saturated heterocycles. The molecule has 4 aromatic rings. The van der Waals surface area contributed by atoms with Crippen molar-refractivity contribution >= 4 is 0 Å². The highest BCUT2D eigenvalue weighted by Gasteiger charge is 2.12. The number of aromatic amines is 1. The van der Waals surface area contributed by atoms with Crippen molar-refractivity contribution in [2.75, 3.05) is 0 Å². The van der Waals surface area contributed by atoms with E-state index < -0.39 is 0 Å². The van der Waals surface area contributed by atoms with Gasteiger partial charge >= 0.3 is 0 Å². The summed E-state index contributed by atoms with van der Waals surface area (Å²) in [5, 5.41) is 19.3. The molecule has 7 heteroatoms. The van der Waals surface area contributed by atoms with Crippen molar-refractivity contribution in [2.24, 2.45) is 5.92 Å². The molecule has 1 N–H and O–H groups in total. The molecule has 0 amide bonds. The highest BCUT2D eigenvalue weighted by atomic mass is 15.5. The summed E-state index contributed by atoms with van der Waals surface area (Å²) < 4.78 is 2.07. The molecule has 0 saturated carbocycles. The highest BCUT2D eigenvalue weighted by molar-refractivity contribution is 5.80. The molecule has 0 atom stereocenters. The number of aromatic nitrogens is 7. The van der Waals surface area contributed by atoms with Crippen LogP contribution in [0.25, 0.3) is 22.5 Å². The molecule has 160 valence electrons. The van der Waals surface area contributed by atoms with Gasteiger partial charge in [0.1, 0.15) is 5.82 Å². The third-order valence-corrected chi connectivity index (χ3v) is 5.32. The van der Waals surface area contributed by atoms with E-state index in [9.17, 15) is 0 Å². The summed E-state index contributed by atoms with van der Waals surface area (Å²) in [5.41, 5.74) is 4.37. The van der Waals surface area contributed by atoms with Gasteiger partial charge in [0.2, 0.25) is 5.82 Å². The van der Waals surface area contributed by atoms with Crippen LogP contribution < -0.4 is 0 Å². The first kappa shape index (κ1) is 20.9. The summed E-state index contributed by atoms with van der Waals surface area (Å²) >= 11 is 0. The van der Waals surface area contributed by atoms with Crippen LogP contribution in [-0.2, 0) is 19.4 Å². The second kappa shape index (κ2) is 9.64. The summed E-state index contributed by atoms with van der Waals surface area (Å²) in [6, 6.07) is 16.7. The van der Waals surface area contributed by atoms with E-state index in [4.69, 9.17) is 10.1 Å². The number of nitrogens with zero attached hydrogens (tertiary/aromatic N) is 6. The molecule has 2 aromatic heterocycles. The SMILES string of the molecule is CCCc1nc(CCC(C)C)nn1Cc1ccc(-c2ccccc2-c2nn[nH]n2)cc1. The van der Waals surface area contributed by atoms with Gasteiger partial charge in [-0.05, 0) is 40.7 Å². The molecular weight excluding hydrogens is 386 g/mol. The van der Waals surface area contributed by atoms with Gasteiger partial charge in [-0.1, -0.05) is 69.3 Å². The Morgan fingerprint density at radius 2 is 1.74 bits per heavy atom. The standard InChI is InChI=1S/C24H29N7/c1-4-7-23-25-22(15-10-17(2)3)28-31(23)16-18-11-13-19(14-12-18)20-8-5-6-9-21(20)24-26-29-30-27-24/h5-6,8-9,11-14,17H,4,7,10,15-16H2,1-3H3,(H,26,27,29,30). The van der Waals surface area contributed by atoms with Crippen LogP contribution in [0.1, 0.15) is 50.8 Å². The number of H-pyrrole nitrogens is 1. The average molecular weight is 416 g/mol. The molecule has 0 aliphatic rings. The van der Waals surface area contributed by atoms with E-state index in [1.54, 1.807) is 0 Å². The second-order valence-electron chi connectivity index (χ2n) is 8.26. The van der Waals surface area contributed by atoms with E-state index in [-0.39, 0.29) is 0 Å². The molecule has 4 rings (SSSR count). The van der Waals surface area contributed by atoms with Crippen LogP contribution in [0.5, 0.6) is 0 Å². The van der Waals surface area contributed by atoms with E-state index in [2.05, 4.69) is 76.4 Å². The van der Waals surface area contributed by atoms with Crippen molar-refractivity contribution in [1.82, 2.24) is 35.4 Å². The zero-order valence-corrected chi connectivity index (χ0v) is 18.4. The first-order chi connectivity index (χ1) is 15.1. The minimum absolute atomic E-state index is 0.598. The Kier molecular flexibility index (Phi) is 6.50. The van der Waals surface area contributed by atoms with Gasteiger partial charge in [-0.3, -0.25) is 0 Å². The molecule has 0 unspecified atom stereocenters. The van der Waals surface area contributed by atoms with E-state index in [0.29, 0.717) is 11.7 Å². The molecule has 7 nitrogen and oxygen atoms in total. The fourth-order valence-electron chi connectivity index (χ4n) is 3.65. The number of nitrogens with one attached hydrogen (secondary N) is 1. The predicted octanol–water partition coefficient (Wildman–Crippen LogP) is 4.71. The van der Waals surface area contributed by atoms with Crippen LogP contribution in [0.15, 0.2) is 48.5 Å². The maximum Gasteiger partial charge on any atom is 0.205 e. The van der Waals surface area contributed by atoms with Crippen LogP contribution >= 0.6 is 0 Å². The molecule has 0 fully saturated rings. The Morgan fingerprint density at radius 3 is 2.42 bits per heavy atom. The number of hydrogen-bond acceptors (Lipinski definition) is 5. The highest BCUT2D eigenvalue weighted by Crippen LogP contribution is 2.29. The van der Waals surface area contributed by atoms with Gasteiger partial charge in [-0.2, -0.15) is 10.3 Å². The van der Waals surface area contributed by atoms with E-state index in [1.807, 2.05) is 18.2 Å². The molecule has 31 heavy (non-hydrogen) atoms. The summed E-state index contributed by atoms with van der Waals surface area (Å²) in [5.74, 6) is 3.29. The van der Waals surface area contributed by atoms with Gasteiger partial charge in [-0.25, -0.2) is 9.67 Å². The number of benzene rings is 2. The normalized spacial score (nSPS) is 11.4. The summed E-state index contributed by atoms with van der Waals surface area (Å²) in [6.45, 7) is 7.39. The fourth-order valence-corrected chi connectivity index (χ4v) is 3.65. The van der Waals surface area contributed by atoms with Crippen molar-refractivity contribution < 1.29 is 0 Å². The van der Waals surface area contributed by atoms with E-state index in [1.165, 1.54) is 5.56 Å². The molecule has 0 radical (unpaired) electrons. The lowest BCUT2D eigenvalue weighted by Gasteiger charge is -2.09. The molecule has 0 bridgehead atoms. The number of tetrazole rings is 1. The van der Waals surface area contributed by atoms with Crippen molar-refractivity contribution in [2.45, 2.75) is 53.0 Å². The van der Waals surface area contributed by atoms with Crippen LogP contribution in [0.4, 0.5) is 0 Å². The fraction of sp³-hybridized carbons (Fsp3) is 0.375. The maximum absolute atomic E-state index is 4.80. The van der Waals surface area contributed by atoms with Crippen molar-refractivity contribution in [1.29, 1.82) is 0 Å². The molecule has 0 spiro atoms. The topological polar surface area (TPSA) is 85.2 Å². The van der Waals surface area contributed by atoms with Crippen LogP contribution in [-0.4, -0.2) is 35.4 Å². The summed E-state index contributed by atoms with van der Waals surface area (Å²) in [4.78, 5) is 4.80. The lowest BCUT2D eigenvalue weighted by Crippen LogP contribution is -2.07. The van der Waals surface area contributed by atoms with E-state index >= 15 is 0 Å². The smallest absolute Gasteiger partial charge is 0.205 e. The lowest BCUT2D eigenvalue weighted by atomic mass is 9.98. The van der Waals surface area contributed by atoms with Crippen LogP contribution in [0.2, 0.25) is 0 Å². The molecule has 2 heterocycles. The van der Waals surface area contributed by atoms with Crippen LogP contribution in [0.3, 0.4) is 0 Å². The summed E-state index contributed by atoms with van der Waals surface area (Å²) in [7, 11) is 0. The Morgan fingerprint density at radius 1 is 0.968 bits per heavy atom. The zero-order chi connectivity index (χ0) is 21.6. The van der Waals surface area contributed by atoms with Crippen molar-refractivity contribution in [3.63, 3.8) is 0 Å².